The number of rotatable bonds is 10. The first-order valence-corrected chi connectivity index (χ1v) is 14.8. The molecule has 3 amide bonds. The van der Waals surface area contributed by atoms with E-state index >= 15 is 0 Å². The Kier molecular flexibility index (Phi) is 7.26. The second-order valence-corrected chi connectivity index (χ2v) is 12.5. The quantitative estimate of drug-likeness (QED) is 0.324. The molecular formula is C29H34N6O4S. The lowest BCUT2D eigenvalue weighted by molar-refractivity contribution is -0.139. The van der Waals surface area contributed by atoms with E-state index in [0.29, 0.717) is 25.1 Å². The smallest absolute Gasteiger partial charge is 0.245 e. The van der Waals surface area contributed by atoms with Gasteiger partial charge in [-0.1, -0.05) is 42.5 Å². The van der Waals surface area contributed by atoms with Crippen LogP contribution in [-0.4, -0.2) is 71.9 Å². The van der Waals surface area contributed by atoms with Gasteiger partial charge >= 0.3 is 0 Å². The number of nitrogens with zero attached hydrogens (tertiary/aromatic N) is 4. The van der Waals surface area contributed by atoms with Crippen LogP contribution in [0.15, 0.2) is 54.6 Å². The van der Waals surface area contributed by atoms with Crippen LogP contribution < -0.4 is 10.6 Å². The highest BCUT2D eigenvalue weighted by Gasteiger charge is 2.75. The highest BCUT2D eigenvalue weighted by Crippen LogP contribution is 2.68. The number of amides is 3. The van der Waals surface area contributed by atoms with Crippen molar-refractivity contribution in [2.75, 3.05) is 18.5 Å². The number of hydrogen-bond donors (Lipinski definition) is 3. The van der Waals surface area contributed by atoms with Crippen molar-refractivity contribution in [1.82, 2.24) is 25.2 Å². The van der Waals surface area contributed by atoms with Crippen LogP contribution >= 0.6 is 11.8 Å². The van der Waals surface area contributed by atoms with Gasteiger partial charge in [0.25, 0.3) is 0 Å². The normalized spacial score (nSPS) is 28.7. The molecule has 3 aliphatic rings. The minimum Gasteiger partial charge on any atom is -0.396 e. The fraction of sp³-hybridized carbons (Fsp3) is 0.483. The topological polar surface area (TPSA) is 129 Å². The maximum atomic E-state index is 14.1. The van der Waals surface area contributed by atoms with Crippen LogP contribution in [0.3, 0.4) is 0 Å². The number of carbonyl (C=O) groups is 3. The number of aromatic nitrogens is 3. The molecule has 2 aromatic carbocycles. The summed E-state index contributed by atoms with van der Waals surface area (Å²) in [4.78, 5) is 43.5. The molecule has 0 saturated carbocycles. The number of fused-ring (bicyclic) bond motifs is 2. The summed E-state index contributed by atoms with van der Waals surface area (Å²) in [6, 6.07) is 16.1. The molecule has 40 heavy (non-hydrogen) atoms. The number of benzene rings is 2. The zero-order valence-electron chi connectivity index (χ0n) is 22.4. The van der Waals surface area contributed by atoms with E-state index < -0.39 is 22.6 Å². The predicted octanol–water partition coefficient (Wildman–Crippen LogP) is 2.64. The van der Waals surface area contributed by atoms with Crippen molar-refractivity contribution in [3.8, 4) is 0 Å². The molecule has 1 aromatic heterocycles. The van der Waals surface area contributed by atoms with Crippen molar-refractivity contribution < 1.29 is 19.5 Å². The highest BCUT2D eigenvalue weighted by molar-refractivity contribution is 8.02. The molecule has 4 heterocycles. The van der Waals surface area contributed by atoms with Crippen LogP contribution in [0, 0.1) is 17.8 Å². The summed E-state index contributed by atoms with van der Waals surface area (Å²) >= 11 is 1.66. The number of anilines is 1. The molecule has 6 atom stereocenters. The lowest BCUT2D eigenvalue weighted by Crippen LogP contribution is -2.56. The second-order valence-electron chi connectivity index (χ2n) is 11.0. The lowest BCUT2D eigenvalue weighted by Gasteiger charge is -2.38. The zero-order valence-corrected chi connectivity index (χ0v) is 23.2. The molecule has 6 rings (SSSR count). The van der Waals surface area contributed by atoms with Crippen LogP contribution in [0.2, 0.25) is 0 Å². The first-order valence-electron chi connectivity index (χ1n) is 14.0. The van der Waals surface area contributed by atoms with Crippen molar-refractivity contribution in [2.45, 2.75) is 55.3 Å². The van der Waals surface area contributed by atoms with Crippen molar-refractivity contribution in [1.29, 1.82) is 0 Å². The van der Waals surface area contributed by atoms with Crippen LogP contribution in [0.25, 0.3) is 11.0 Å². The largest absolute Gasteiger partial charge is 0.396 e. The molecule has 2 bridgehead atoms. The Hall–Kier alpha value is -3.44. The Morgan fingerprint density at radius 2 is 1.85 bits per heavy atom. The number of aliphatic hydroxyl groups is 1. The molecule has 0 radical (unpaired) electrons. The summed E-state index contributed by atoms with van der Waals surface area (Å²) in [5.74, 6) is -1.51. The second kappa shape index (κ2) is 10.9. The third-order valence-corrected chi connectivity index (χ3v) is 10.8. The van der Waals surface area contributed by atoms with Crippen LogP contribution in [0.1, 0.15) is 32.6 Å². The molecular weight excluding hydrogens is 528 g/mol. The Morgan fingerprint density at radius 3 is 2.65 bits per heavy atom. The summed E-state index contributed by atoms with van der Waals surface area (Å²) < 4.78 is 0.954. The van der Waals surface area contributed by atoms with Gasteiger partial charge in [-0.3, -0.25) is 14.4 Å². The molecule has 3 aromatic rings. The summed E-state index contributed by atoms with van der Waals surface area (Å²) in [5, 5.41) is 23.6. The van der Waals surface area contributed by atoms with E-state index in [0.717, 1.165) is 23.9 Å². The molecule has 210 valence electrons. The van der Waals surface area contributed by atoms with E-state index in [1.54, 1.807) is 21.3 Å². The van der Waals surface area contributed by atoms with Gasteiger partial charge in [0, 0.05) is 24.1 Å². The van der Waals surface area contributed by atoms with Gasteiger partial charge in [0.2, 0.25) is 17.7 Å². The highest BCUT2D eigenvalue weighted by atomic mass is 32.2. The van der Waals surface area contributed by atoms with Crippen molar-refractivity contribution in [2.24, 2.45) is 17.8 Å². The van der Waals surface area contributed by atoms with Gasteiger partial charge in [-0.2, -0.15) is 0 Å². The van der Waals surface area contributed by atoms with Gasteiger partial charge in [0.1, 0.15) is 18.2 Å². The number of nitrogens with one attached hydrogen (secondary N) is 2. The van der Waals surface area contributed by atoms with Crippen LogP contribution in [-0.2, 0) is 21.1 Å². The number of likely N-dealkylation sites (tertiary alicyclic amines) is 1. The maximum absolute atomic E-state index is 14.1. The Bertz CT molecular complexity index is 1420. The Morgan fingerprint density at radius 1 is 1.07 bits per heavy atom. The lowest BCUT2D eigenvalue weighted by atomic mass is 9.66. The summed E-state index contributed by atoms with van der Waals surface area (Å²) in [6.45, 7) is 2.74. The van der Waals surface area contributed by atoms with Gasteiger partial charge in [-0.15, -0.1) is 16.9 Å². The summed E-state index contributed by atoms with van der Waals surface area (Å²) in [7, 11) is 0. The molecule has 10 nitrogen and oxygen atoms in total. The molecule has 0 aliphatic carbocycles. The molecule has 3 N–H and O–H groups in total. The maximum Gasteiger partial charge on any atom is 0.245 e. The minimum atomic E-state index is -0.701. The first kappa shape index (κ1) is 26.8. The van der Waals surface area contributed by atoms with Gasteiger partial charge in [-0.25, -0.2) is 4.68 Å². The minimum absolute atomic E-state index is 0.0289. The number of thioether (sulfide) groups is 1. The number of carbonyl (C=O) groups excluding carboxylic acids is 3. The first-order chi connectivity index (χ1) is 19.5. The van der Waals surface area contributed by atoms with Crippen LogP contribution in [0.4, 0.5) is 5.69 Å². The molecule has 1 spiro atoms. The number of aliphatic hydroxyl groups excluding tert-OH is 1. The van der Waals surface area contributed by atoms with E-state index in [2.05, 4.69) is 27.9 Å². The van der Waals surface area contributed by atoms with Crippen molar-refractivity contribution >= 4 is 46.2 Å². The van der Waals surface area contributed by atoms with E-state index in [1.807, 2.05) is 54.6 Å². The van der Waals surface area contributed by atoms with Crippen LogP contribution in [0.5, 0.6) is 0 Å². The average molecular weight is 563 g/mol. The summed E-state index contributed by atoms with van der Waals surface area (Å²) in [5.41, 5.74) is 2.25. The van der Waals surface area contributed by atoms with E-state index in [9.17, 15) is 19.5 Å². The SMILES string of the molecule is CC1C[C@H]2SC13C(C(=O)NCn1nnc4ccccc41)N(CCCCCO)C(=O)[C@@H]3[C@H]2C(=O)Nc1ccccc1. The average Bonchev–Trinajstić information content (AvgIpc) is 3.68. The predicted molar refractivity (Wildman–Crippen MR) is 152 cm³/mol. The molecule has 3 fully saturated rings. The van der Waals surface area contributed by atoms with Gasteiger partial charge in [-0.05, 0) is 55.9 Å². The fourth-order valence-corrected chi connectivity index (χ4v) is 9.38. The third-order valence-electron chi connectivity index (χ3n) is 8.72. The van der Waals surface area contributed by atoms with E-state index in [-0.39, 0.29) is 42.2 Å². The number of unbranched alkanes of at least 4 members (excludes halogenated alkanes) is 2. The molecule has 3 unspecified atom stereocenters. The Balaban J connectivity index is 1.29. The Labute approximate surface area is 236 Å². The number of para-hydroxylation sites is 2. The fourth-order valence-electron chi connectivity index (χ4n) is 6.96. The van der Waals surface area contributed by atoms with Crippen molar-refractivity contribution in [3.05, 3.63) is 54.6 Å². The van der Waals surface area contributed by atoms with Gasteiger partial charge in [0.15, 0.2) is 0 Å². The van der Waals surface area contributed by atoms with E-state index in [1.165, 1.54) is 0 Å². The van der Waals surface area contributed by atoms with Gasteiger partial charge in [0.05, 0.1) is 22.1 Å². The zero-order chi connectivity index (χ0) is 27.9. The monoisotopic (exact) mass is 562 g/mol. The molecule has 3 aliphatic heterocycles. The van der Waals surface area contributed by atoms with Gasteiger partial charge < -0.3 is 20.6 Å². The van der Waals surface area contributed by atoms with Crippen molar-refractivity contribution in [3.63, 3.8) is 0 Å². The standard InChI is InChI=1S/C29H34N6O4S/c1-18-16-22-23(26(37)31-19-10-4-2-5-11-19)24-28(39)34(14-8-3-9-15-36)25(29(18,24)40-22)27(38)30-17-35-21-13-7-6-12-20(21)32-33-35/h2,4-7,10-13,18,22-25,36H,3,8-9,14-17H2,1H3,(H,30,38)(H,31,37)/t18?,22-,23+,24+,25?,29?/m1/s1. The number of hydrogen-bond acceptors (Lipinski definition) is 7. The summed E-state index contributed by atoms with van der Waals surface area (Å²) in [6.07, 6.45) is 2.84. The molecule has 3 saturated heterocycles. The molecule has 11 heteroatoms. The third kappa shape index (κ3) is 4.35. The van der Waals surface area contributed by atoms with E-state index in [4.69, 9.17) is 0 Å².